The highest BCUT2D eigenvalue weighted by Gasteiger charge is 2.37. The van der Waals surface area contributed by atoms with Gasteiger partial charge in [0.05, 0.1) is 0 Å². The summed E-state index contributed by atoms with van der Waals surface area (Å²) in [5.41, 5.74) is -1.28. The SMILES string of the molecule is COCN(C(=O)OC(C)(C)C)[C@H](C(=O)OC(C)(C)C)C(C)C. The normalized spacial score (nSPS) is 13.7. The Kier molecular flexibility index (Phi) is 7.35. The molecule has 0 N–H and O–H groups in total. The molecule has 0 aromatic rings. The molecule has 6 nitrogen and oxygen atoms in total. The molecule has 1 atom stereocenters. The molecule has 0 aromatic carbocycles. The number of nitrogens with zero attached hydrogens (tertiary/aromatic N) is 1. The van der Waals surface area contributed by atoms with Gasteiger partial charge in [-0.3, -0.25) is 4.90 Å². The summed E-state index contributed by atoms with van der Waals surface area (Å²) in [5.74, 6) is -0.608. The Morgan fingerprint density at radius 1 is 0.955 bits per heavy atom. The molecular weight excluding hydrogens is 286 g/mol. The molecule has 0 aliphatic heterocycles. The molecule has 0 heterocycles. The number of hydrogen-bond donors (Lipinski definition) is 0. The lowest BCUT2D eigenvalue weighted by Crippen LogP contribution is -2.52. The van der Waals surface area contributed by atoms with Crippen molar-refractivity contribution >= 4 is 12.1 Å². The summed E-state index contributed by atoms with van der Waals surface area (Å²) in [6.45, 7) is 14.3. The van der Waals surface area contributed by atoms with E-state index in [1.807, 2.05) is 13.8 Å². The van der Waals surface area contributed by atoms with Crippen LogP contribution in [0.3, 0.4) is 0 Å². The van der Waals surface area contributed by atoms with Gasteiger partial charge >= 0.3 is 12.1 Å². The van der Waals surface area contributed by atoms with Crippen molar-refractivity contribution in [2.75, 3.05) is 13.8 Å². The predicted octanol–water partition coefficient (Wildman–Crippen LogP) is 3.19. The second kappa shape index (κ2) is 7.81. The van der Waals surface area contributed by atoms with E-state index in [-0.39, 0.29) is 12.6 Å². The zero-order chi connectivity index (χ0) is 17.7. The number of rotatable bonds is 5. The molecule has 0 fully saturated rings. The summed E-state index contributed by atoms with van der Waals surface area (Å²) < 4.78 is 15.9. The molecule has 130 valence electrons. The first-order valence-corrected chi connectivity index (χ1v) is 7.50. The molecule has 0 aromatic heterocycles. The number of methoxy groups -OCH3 is 1. The van der Waals surface area contributed by atoms with Crippen LogP contribution in [0, 0.1) is 5.92 Å². The quantitative estimate of drug-likeness (QED) is 0.575. The average Bonchev–Trinajstić information content (AvgIpc) is 2.22. The van der Waals surface area contributed by atoms with Crippen LogP contribution in [0.2, 0.25) is 0 Å². The minimum absolute atomic E-state index is 0.0446. The van der Waals surface area contributed by atoms with Gasteiger partial charge < -0.3 is 14.2 Å². The average molecular weight is 317 g/mol. The van der Waals surface area contributed by atoms with Crippen molar-refractivity contribution in [2.24, 2.45) is 5.92 Å². The van der Waals surface area contributed by atoms with Gasteiger partial charge in [0.1, 0.15) is 24.0 Å². The van der Waals surface area contributed by atoms with E-state index in [0.29, 0.717) is 0 Å². The van der Waals surface area contributed by atoms with Gasteiger partial charge in [-0.2, -0.15) is 0 Å². The van der Waals surface area contributed by atoms with Crippen molar-refractivity contribution in [3.63, 3.8) is 0 Å². The maximum atomic E-state index is 12.5. The van der Waals surface area contributed by atoms with Gasteiger partial charge in [0, 0.05) is 7.11 Å². The Morgan fingerprint density at radius 3 is 1.73 bits per heavy atom. The summed E-state index contributed by atoms with van der Waals surface area (Å²) in [6.07, 6.45) is -0.598. The van der Waals surface area contributed by atoms with Crippen molar-refractivity contribution in [1.82, 2.24) is 4.90 Å². The Morgan fingerprint density at radius 2 is 1.41 bits per heavy atom. The standard InChI is InChI=1S/C16H31NO5/c1-11(2)12(13(18)21-15(3,4)5)17(10-20-9)14(19)22-16(6,7)8/h11-12H,10H2,1-9H3/t12-/m0/s1. The highest BCUT2D eigenvalue weighted by Crippen LogP contribution is 2.20. The predicted molar refractivity (Wildman–Crippen MR) is 84.4 cm³/mol. The van der Waals surface area contributed by atoms with Crippen LogP contribution in [-0.2, 0) is 19.0 Å². The Hall–Kier alpha value is -1.30. The maximum Gasteiger partial charge on any atom is 0.412 e. The van der Waals surface area contributed by atoms with E-state index in [9.17, 15) is 9.59 Å². The van der Waals surface area contributed by atoms with E-state index in [1.165, 1.54) is 12.0 Å². The Labute approximate surface area is 134 Å². The van der Waals surface area contributed by atoms with E-state index in [4.69, 9.17) is 14.2 Å². The third kappa shape index (κ3) is 7.64. The topological polar surface area (TPSA) is 65.1 Å². The molecule has 0 unspecified atom stereocenters. The Bertz CT molecular complexity index is 379. The molecule has 0 saturated heterocycles. The Balaban J connectivity index is 5.35. The fourth-order valence-electron chi connectivity index (χ4n) is 1.83. The lowest BCUT2D eigenvalue weighted by atomic mass is 10.0. The third-order valence-corrected chi connectivity index (χ3v) is 2.51. The number of hydrogen-bond acceptors (Lipinski definition) is 5. The monoisotopic (exact) mass is 317 g/mol. The second-order valence-corrected chi connectivity index (χ2v) is 7.59. The number of carbonyl (C=O) groups is 2. The van der Waals surface area contributed by atoms with Crippen molar-refractivity contribution in [3.8, 4) is 0 Å². The van der Waals surface area contributed by atoms with Crippen molar-refractivity contribution in [3.05, 3.63) is 0 Å². The van der Waals surface area contributed by atoms with Gasteiger partial charge in [-0.1, -0.05) is 13.8 Å². The molecule has 0 radical (unpaired) electrons. The fourth-order valence-corrected chi connectivity index (χ4v) is 1.83. The van der Waals surface area contributed by atoms with E-state index < -0.39 is 29.3 Å². The largest absolute Gasteiger partial charge is 0.458 e. The summed E-state index contributed by atoms with van der Waals surface area (Å²) >= 11 is 0. The number of ether oxygens (including phenoxy) is 3. The van der Waals surface area contributed by atoms with Crippen LogP contribution in [0.1, 0.15) is 55.4 Å². The van der Waals surface area contributed by atoms with Gasteiger partial charge in [-0.05, 0) is 47.5 Å². The molecule has 0 saturated carbocycles. The minimum Gasteiger partial charge on any atom is -0.458 e. The zero-order valence-corrected chi connectivity index (χ0v) is 15.4. The smallest absolute Gasteiger partial charge is 0.412 e. The first-order chi connectivity index (χ1) is 9.78. The van der Waals surface area contributed by atoms with E-state index in [1.54, 1.807) is 41.5 Å². The van der Waals surface area contributed by atoms with Crippen LogP contribution >= 0.6 is 0 Å². The van der Waals surface area contributed by atoms with Gasteiger partial charge in [0.2, 0.25) is 0 Å². The van der Waals surface area contributed by atoms with Crippen LogP contribution in [-0.4, -0.2) is 48.0 Å². The number of esters is 1. The molecule has 0 aliphatic rings. The summed E-state index contributed by atoms with van der Waals surface area (Å²) in [6, 6.07) is -0.769. The van der Waals surface area contributed by atoms with Crippen LogP contribution in [0.25, 0.3) is 0 Å². The number of carbonyl (C=O) groups excluding carboxylic acids is 2. The summed E-state index contributed by atoms with van der Waals surface area (Å²) in [4.78, 5) is 26.1. The van der Waals surface area contributed by atoms with Gasteiger partial charge in [0.25, 0.3) is 0 Å². The van der Waals surface area contributed by atoms with Crippen molar-refractivity contribution in [1.29, 1.82) is 0 Å². The summed E-state index contributed by atoms with van der Waals surface area (Å²) in [7, 11) is 1.46. The fraction of sp³-hybridized carbons (Fsp3) is 0.875. The lowest BCUT2D eigenvalue weighted by molar-refractivity contribution is -0.165. The van der Waals surface area contributed by atoms with Crippen LogP contribution in [0.4, 0.5) is 4.79 Å². The minimum atomic E-state index is -0.769. The number of amides is 1. The van der Waals surface area contributed by atoms with Gasteiger partial charge in [-0.25, -0.2) is 9.59 Å². The highest BCUT2D eigenvalue weighted by molar-refractivity contribution is 5.82. The van der Waals surface area contributed by atoms with Gasteiger partial charge in [-0.15, -0.1) is 0 Å². The van der Waals surface area contributed by atoms with Crippen molar-refractivity contribution in [2.45, 2.75) is 72.6 Å². The molecule has 1 amide bonds. The molecule has 0 aliphatic carbocycles. The lowest BCUT2D eigenvalue weighted by Gasteiger charge is -2.35. The zero-order valence-electron chi connectivity index (χ0n) is 15.4. The molecule has 0 bridgehead atoms. The molecule has 22 heavy (non-hydrogen) atoms. The van der Waals surface area contributed by atoms with E-state index >= 15 is 0 Å². The molecule has 0 spiro atoms. The van der Waals surface area contributed by atoms with Gasteiger partial charge in [0.15, 0.2) is 0 Å². The maximum absolute atomic E-state index is 12.5. The first-order valence-electron chi connectivity index (χ1n) is 7.50. The van der Waals surface area contributed by atoms with E-state index in [0.717, 1.165) is 0 Å². The summed E-state index contributed by atoms with van der Waals surface area (Å²) in [5, 5.41) is 0. The van der Waals surface area contributed by atoms with Crippen LogP contribution < -0.4 is 0 Å². The van der Waals surface area contributed by atoms with Crippen molar-refractivity contribution < 1.29 is 23.8 Å². The molecule has 0 rings (SSSR count). The van der Waals surface area contributed by atoms with Crippen LogP contribution in [0.15, 0.2) is 0 Å². The second-order valence-electron chi connectivity index (χ2n) is 7.59. The van der Waals surface area contributed by atoms with E-state index in [2.05, 4.69) is 0 Å². The first kappa shape index (κ1) is 20.7. The third-order valence-electron chi connectivity index (χ3n) is 2.51. The molecule has 6 heteroatoms. The highest BCUT2D eigenvalue weighted by atomic mass is 16.6. The molecular formula is C16H31NO5. The van der Waals surface area contributed by atoms with Crippen LogP contribution in [0.5, 0.6) is 0 Å².